The average molecular weight is 632 g/mol. The molecule has 1 heterocycles. The van der Waals surface area contributed by atoms with E-state index in [9.17, 15) is 28.7 Å². The molecule has 0 aliphatic heterocycles. The van der Waals surface area contributed by atoms with Crippen molar-refractivity contribution in [3.63, 3.8) is 0 Å². The van der Waals surface area contributed by atoms with Crippen molar-refractivity contribution in [2.24, 2.45) is 0 Å². The minimum Gasteiger partial charge on any atom is -0.477 e. The Kier molecular flexibility index (Phi) is 8.80. The summed E-state index contributed by atoms with van der Waals surface area (Å²) < 4.78 is 16.4. The zero-order valence-electron chi connectivity index (χ0n) is 23.1. The number of benzene rings is 4. The third-order valence-corrected chi connectivity index (χ3v) is 7.71. The SMILES string of the molecule is C[C@H](NC(=O)c1ccc(-c2ccccc2)c(F)c1)C(=O)Nc1ccc2c(c1)c(=O)c(C(=O)O)cn2Cc1ccc(Cl)c(Cl)c1. The smallest absolute Gasteiger partial charge is 0.341 e. The van der Waals surface area contributed by atoms with E-state index < -0.39 is 40.6 Å². The molecular weight excluding hydrogens is 608 g/mol. The number of nitrogens with one attached hydrogen (secondary N) is 2. The second-order valence-corrected chi connectivity index (χ2v) is 10.8. The van der Waals surface area contributed by atoms with Gasteiger partial charge < -0.3 is 20.3 Å². The summed E-state index contributed by atoms with van der Waals surface area (Å²) >= 11 is 12.1. The molecule has 222 valence electrons. The van der Waals surface area contributed by atoms with Gasteiger partial charge in [-0.15, -0.1) is 0 Å². The molecule has 11 heteroatoms. The molecule has 0 spiro atoms. The fourth-order valence-electron chi connectivity index (χ4n) is 4.70. The van der Waals surface area contributed by atoms with E-state index in [0.717, 1.165) is 11.6 Å². The molecule has 0 saturated heterocycles. The van der Waals surface area contributed by atoms with Crippen LogP contribution in [0.25, 0.3) is 22.0 Å². The summed E-state index contributed by atoms with van der Waals surface area (Å²) in [5.41, 5.74) is 1.22. The zero-order valence-corrected chi connectivity index (χ0v) is 24.6. The van der Waals surface area contributed by atoms with Crippen molar-refractivity contribution in [1.29, 1.82) is 0 Å². The molecular formula is C33H24Cl2FN3O5. The number of hydrogen-bond donors (Lipinski definition) is 3. The first-order valence-electron chi connectivity index (χ1n) is 13.3. The number of fused-ring (bicyclic) bond motifs is 1. The molecule has 0 fully saturated rings. The molecule has 1 aromatic heterocycles. The van der Waals surface area contributed by atoms with Gasteiger partial charge in [-0.1, -0.05) is 65.7 Å². The van der Waals surface area contributed by atoms with Crippen LogP contribution in [0.5, 0.6) is 0 Å². The number of amides is 2. The third-order valence-electron chi connectivity index (χ3n) is 6.97. The van der Waals surface area contributed by atoms with Crippen LogP contribution in [-0.2, 0) is 11.3 Å². The van der Waals surface area contributed by atoms with Gasteiger partial charge in [0.1, 0.15) is 17.4 Å². The van der Waals surface area contributed by atoms with Crippen LogP contribution in [-0.4, -0.2) is 33.5 Å². The first-order chi connectivity index (χ1) is 21.0. The van der Waals surface area contributed by atoms with Crippen LogP contribution in [0.1, 0.15) is 33.2 Å². The zero-order chi connectivity index (χ0) is 31.5. The second kappa shape index (κ2) is 12.7. The number of carbonyl (C=O) groups is 3. The summed E-state index contributed by atoms with van der Waals surface area (Å²) in [4.78, 5) is 50.7. The molecule has 0 aliphatic rings. The van der Waals surface area contributed by atoms with Crippen LogP contribution in [0.15, 0.2) is 95.9 Å². The summed E-state index contributed by atoms with van der Waals surface area (Å²) in [6.45, 7) is 1.64. The summed E-state index contributed by atoms with van der Waals surface area (Å²) in [7, 11) is 0. The van der Waals surface area contributed by atoms with Crippen molar-refractivity contribution in [1.82, 2.24) is 9.88 Å². The highest BCUT2D eigenvalue weighted by Crippen LogP contribution is 2.25. The minimum atomic E-state index is -1.40. The number of hydrogen-bond acceptors (Lipinski definition) is 4. The predicted octanol–water partition coefficient (Wildman–Crippen LogP) is 6.62. The Hall–Kier alpha value is -4.99. The van der Waals surface area contributed by atoms with E-state index in [1.54, 1.807) is 59.2 Å². The van der Waals surface area contributed by atoms with Crippen LogP contribution >= 0.6 is 23.2 Å². The quantitative estimate of drug-likeness (QED) is 0.178. The maximum absolute atomic E-state index is 14.8. The topological polar surface area (TPSA) is 118 Å². The maximum Gasteiger partial charge on any atom is 0.341 e. The van der Waals surface area contributed by atoms with Crippen LogP contribution in [0.4, 0.5) is 10.1 Å². The van der Waals surface area contributed by atoms with E-state index in [-0.39, 0.29) is 23.2 Å². The Bertz CT molecular complexity index is 2000. The fraction of sp³-hybridized carbons (Fsp3) is 0.0909. The lowest BCUT2D eigenvalue weighted by molar-refractivity contribution is -0.117. The largest absolute Gasteiger partial charge is 0.477 e. The van der Waals surface area contributed by atoms with E-state index in [1.165, 1.54) is 31.3 Å². The number of pyridine rings is 1. The minimum absolute atomic E-state index is 0.0382. The number of carbonyl (C=O) groups excluding carboxylic acids is 2. The van der Waals surface area contributed by atoms with Crippen molar-refractivity contribution in [2.75, 3.05) is 5.32 Å². The van der Waals surface area contributed by atoms with Gasteiger partial charge in [0.05, 0.1) is 15.6 Å². The maximum atomic E-state index is 14.8. The Morgan fingerprint density at radius 2 is 1.68 bits per heavy atom. The van der Waals surface area contributed by atoms with Crippen molar-refractivity contribution in [2.45, 2.75) is 19.5 Å². The fourth-order valence-corrected chi connectivity index (χ4v) is 5.02. The van der Waals surface area contributed by atoms with Gasteiger partial charge in [0.25, 0.3) is 5.91 Å². The van der Waals surface area contributed by atoms with Gasteiger partial charge in [0, 0.05) is 34.9 Å². The van der Waals surface area contributed by atoms with Crippen LogP contribution in [0.3, 0.4) is 0 Å². The molecule has 0 aliphatic carbocycles. The van der Waals surface area contributed by atoms with Crippen LogP contribution in [0.2, 0.25) is 10.0 Å². The first-order valence-corrected chi connectivity index (χ1v) is 14.1. The lowest BCUT2D eigenvalue weighted by Gasteiger charge is -2.16. The summed E-state index contributed by atoms with van der Waals surface area (Å²) in [6.07, 6.45) is 1.25. The number of carboxylic acid groups (broad SMARTS) is 1. The van der Waals surface area contributed by atoms with Gasteiger partial charge >= 0.3 is 5.97 Å². The normalized spacial score (nSPS) is 11.6. The molecule has 0 radical (unpaired) electrons. The van der Waals surface area contributed by atoms with Crippen molar-refractivity contribution >= 4 is 57.6 Å². The first kappa shape index (κ1) is 30.5. The molecule has 3 N–H and O–H groups in total. The summed E-state index contributed by atoms with van der Waals surface area (Å²) in [5, 5.41) is 15.6. The highest BCUT2D eigenvalue weighted by atomic mass is 35.5. The van der Waals surface area contributed by atoms with Crippen LogP contribution < -0.4 is 16.1 Å². The highest BCUT2D eigenvalue weighted by molar-refractivity contribution is 6.42. The highest BCUT2D eigenvalue weighted by Gasteiger charge is 2.20. The summed E-state index contributed by atoms with van der Waals surface area (Å²) in [5.74, 6) is -3.24. The Morgan fingerprint density at radius 1 is 0.932 bits per heavy atom. The van der Waals surface area contributed by atoms with E-state index >= 15 is 0 Å². The number of anilines is 1. The molecule has 44 heavy (non-hydrogen) atoms. The van der Waals surface area contributed by atoms with E-state index in [1.807, 2.05) is 6.07 Å². The molecule has 0 saturated carbocycles. The number of carboxylic acids is 1. The Balaban J connectivity index is 1.35. The molecule has 5 rings (SSSR count). The molecule has 0 unspecified atom stereocenters. The Morgan fingerprint density at radius 3 is 2.36 bits per heavy atom. The second-order valence-electron chi connectivity index (χ2n) is 10.0. The van der Waals surface area contributed by atoms with E-state index in [4.69, 9.17) is 23.2 Å². The van der Waals surface area contributed by atoms with Gasteiger partial charge in [-0.25, -0.2) is 9.18 Å². The van der Waals surface area contributed by atoms with Crippen LogP contribution in [0, 0.1) is 5.82 Å². The molecule has 0 bridgehead atoms. The molecule has 5 aromatic rings. The van der Waals surface area contributed by atoms with Gasteiger partial charge in [-0.3, -0.25) is 14.4 Å². The van der Waals surface area contributed by atoms with Gasteiger partial charge in [-0.2, -0.15) is 0 Å². The number of nitrogens with zero attached hydrogens (tertiary/aromatic N) is 1. The number of aromatic nitrogens is 1. The third kappa shape index (κ3) is 6.49. The van der Waals surface area contributed by atoms with Gasteiger partial charge in [0.15, 0.2) is 0 Å². The molecule has 2 amide bonds. The monoisotopic (exact) mass is 631 g/mol. The lowest BCUT2D eigenvalue weighted by Crippen LogP contribution is -2.41. The predicted molar refractivity (Wildman–Crippen MR) is 168 cm³/mol. The summed E-state index contributed by atoms with van der Waals surface area (Å²) in [6, 6.07) is 21.4. The molecule has 1 atom stereocenters. The number of halogens is 3. The van der Waals surface area contributed by atoms with Crippen molar-refractivity contribution in [3.05, 3.63) is 134 Å². The number of rotatable bonds is 8. The standard InChI is InChI=1S/C33H24Cl2FN3O5/c1-18(37-32(42)21-8-10-23(28(36)14-21)20-5-3-2-4-6-20)31(41)38-22-9-12-29-24(15-22)30(40)25(33(43)44)17-39(29)16-19-7-11-26(34)27(35)13-19/h2-15,17-18H,16H2,1H3,(H,37,42)(H,38,41)(H,43,44)/t18-/m0/s1. The Labute approximate surface area is 260 Å². The van der Waals surface area contributed by atoms with Gasteiger partial charge in [-0.05, 0) is 60.5 Å². The van der Waals surface area contributed by atoms with Gasteiger partial charge in [0.2, 0.25) is 11.3 Å². The lowest BCUT2D eigenvalue weighted by atomic mass is 10.0. The van der Waals surface area contributed by atoms with E-state index in [0.29, 0.717) is 26.7 Å². The van der Waals surface area contributed by atoms with E-state index in [2.05, 4.69) is 10.6 Å². The average Bonchev–Trinajstić information content (AvgIpc) is 3.00. The molecule has 4 aromatic carbocycles. The number of aromatic carboxylic acids is 1. The molecule has 8 nitrogen and oxygen atoms in total. The van der Waals surface area contributed by atoms with Crippen molar-refractivity contribution < 1.29 is 23.9 Å². The van der Waals surface area contributed by atoms with Crippen molar-refractivity contribution in [3.8, 4) is 11.1 Å².